The third-order valence-corrected chi connectivity index (χ3v) is 4.71. The molecule has 1 aliphatic carbocycles. The Labute approximate surface area is 115 Å². The van der Waals surface area contributed by atoms with Gasteiger partial charge >= 0.3 is 0 Å². The van der Waals surface area contributed by atoms with Crippen molar-refractivity contribution >= 4 is 5.91 Å². The SMILES string of the molecule is CN1CCOC(CN2C(=O)CNC2C2CCCC2)C1. The summed E-state index contributed by atoms with van der Waals surface area (Å²) in [4.78, 5) is 16.4. The van der Waals surface area contributed by atoms with Crippen LogP contribution in [0, 0.1) is 5.92 Å². The van der Waals surface area contributed by atoms with Crippen molar-refractivity contribution in [1.82, 2.24) is 15.1 Å². The smallest absolute Gasteiger partial charge is 0.237 e. The van der Waals surface area contributed by atoms with E-state index < -0.39 is 0 Å². The summed E-state index contributed by atoms with van der Waals surface area (Å²) in [5.41, 5.74) is 0. The third-order valence-electron chi connectivity index (χ3n) is 4.71. The van der Waals surface area contributed by atoms with Gasteiger partial charge < -0.3 is 14.5 Å². The normalized spacial score (nSPS) is 34.4. The van der Waals surface area contributed by atoms with Gasteiger partial charge in [0.15, 0.2) is 0 Å². The molecule has 3 rings (SSSR count). The van der Waals surface area contributed by atoms with E-state index in [-0.39, 0.29) is 18.2 Å². The number of amides is 1. The predicted octanol–water partition coefficient (Wildman–Crippen LogP) is 0.265. The summed E-state index contributed by atoms with van der Waals surface area (Å²) >= 11 is 0. The molecule has 1 saturated carbocycles. The zero-order valence-corrected chi connectivity index (χ0v) is 11.8. The van der Waals surface area contributed by atoms with Gasteiger partial charge in [0.1, 0.15) is 0 Å². The van der Waals surface area contributed by atoms with Crippen LogP contribution in [0.5, 0.6) is 0 Å². The lowest BCUT2D eigenvalue weighted by Gasteiger charge is -2.36. The highest BCUT2D eigenvalue weighted by atomic mass is 16.5. The molecular formula is C14H25N3O2. The van der Waals surface area contributed by atoms with Crippen molar-refractivity contribution in [2.75, 3.05) is 39.8 Å². The fraction of sp³-hybridized carbons (Fsp3) is 0.929. The molecule has 2 atom stereocenters. The number of rotatable bonds is 3. The molecule has 0 spiro atoms. The average molecular weight is 267 g/mol. The fourth-order valence-electron chi connectivity index (χ4n) is 3.67. The second-order valence-corrected chi connectivity index (χ2v) is 6.17. The quantitative estimate of drug-likeness (QED) is 0.797. The zero-order chi connectivity index (χ0) is 13.2. The number of likely N-dealkylation sites (N-methyl/N-ethyl adjacent to an activating group) is 1. The predicted molar refractivity (Wildman–Crippen MR) is 72.7 cm³/mol. The summed E-state index contributed by atoms with van der Waals surface area (Å²) in [6.45, 7) is 3.96. The minimum absolute atomic E-state index is 0.173. The lowest BCUT2D eigenvalue weighted by Crippen LogP contribution is -2.50. The molecule has 19 heavy (non-hydrogen) atoms. The highest BCUT2D eigenvalue weighted by molar-refractivity contribution is 5.80. The van der Waals surface area contributed by atoms with Crippen LogP contribution in [0.25, 0.3) is 0 Å². The van der Waals surface area contributed by atoms with Crippen molar-refractivity contribution in [3.8, 4) is 0 Å². The monoisotopic (exact) mass is 267 g/mol. The molecule has 3 aliphatic rings. The number of nitrogens with zero attached hydrogens (tertiary/aromatic N) is 2. The van der Waals surface area contributed by atoms with Crippen molar-refractivity contribution in [3.63, 3.8) is 0 Å². The lowest BCUT2D eigenvalue weighted by molar-refractivity contribution is -0.132. The van der Waals surface area contributed by atoms with Crippen LogP contribution in [-0.2, 0) is 9.53 Å². The standard InChI is InChI=1S/C14H25N3O2/c1-16-6-7-19-12(9-16)10-17-13(18)8-15-14(17)11-4-2-3-5-11/h11-12,14-15H,2-10H2,1H3. The first-order chi connectivity index (χ1) is 9.24. The van der Waals surface area contributed by atoms with Crippen molar-refractivity contribution in [2.45, 2.75) is 38.0 Å². The van der Waals surface area contributed by atoms with Crippen LogP contribution >= 0.6 is 0 Å². The summed E-state index contributed by atoms with van der Waals surface area (Å²) in [6.07, 6.45) is 5.57. The maximum absolute atomic E-state index is 12.1. The van der Waals surface area contributed by atoms with E-state index in [9.17, 15) is 4.79 Å². The molecule has 108 valence electrons. The fourth-order valence-corrected chi connectivity index (χ4v) is 3.67. The van der Waals surface area contributed by atoms with Gasteiger partial charge in [-0.3, -0.25) is 10.1 Å². The van der Waals surface area contributed by atoms with E-state index in [1.165, 1.54) is 25.7 Å². The van der Waals surface area contributed by atoms with E-state index >= 15 is 0 Å². The van der Waals surface area contributed by atoms with Crippen LogP contribution in [0.1, 0.15) is 25.7 Å². The molecule has 5 nitrogen and oxygen atoms in total. The molecule has 0 aromatic carbocycles. The molecular weight excluding hydrogens is 242 g/mol. The number of morpholine rings is 1. The van der Waals surface area contributed by atoms with Gasteiger partial charge in [-0.2, -0.15) is 0 Å². The Hall–Kier alpha value is -0.650. The minimum Gasteiger partial charge on any atom is -0.374 e. The lowest BCUT2D eigenvalue weighted by atomic mass is 10.0. The molecule has 5 heteroatoms. The van der Waals surface area contributed by atoms with Gasteiger partial charge in [-0.05, 0) is 25.8 Å². The second kappa shape index (κ2) is 5.77. The number of carbonyl (C=O) groups excluding carboxylic acids is 1. The number of ether oxygens (including phenoxy) is 1. The van der Waals surface area contributed by atoms with Crippen LogP contribution in [0.15, 0.2) is 0 Å². The molecule has 0 aromatic rings. The maximum Gasteiger partial charge on any atom is 0.237 e. The molecule has 0 bridgehead atoms. The topological polar surface area (TPSA) is 44.8 Å². The Morgan fingerprint density at radius 1 is 1.37 bits per heavy atom. The molecule has 2 heterocycles. The second-order valence-electron chi connectivity index (χ2n) is 6.17. The Morgan fingerprint density at radius 2 is 2.16 bits per heavy atom. The van der Waals surface area contributed by atoms with Crippen molar-refractivity contribution in [3.05, 3.63) is 0 Å². The third kappa shape index (κ3) is 2.93. The van der Waals surface area contributed by atoms with Crippen LogP contribution in [-0.4, -0.2) is 67.8 Å². The van der Waals surface area contributed by atoms with E-state index in [0.29, 0.717) is 12.5 Å². The van der Waals surface area contributed by atoms with Crippen LogP contribution in [0.3, 0.4) is 0 Å². The molecule has 3 fully saturated rings. The molecule has 1 N–H and O–H groups in total. The van der Waals surface area contributed by atoms with Crippen molar-refractivity contribution in [1.29, 1.82) is 0 Å². The maximum atomic E-state index is 12.1. The Bertz CT molecular complexity index is 331. The average Bonchev–Trinajstić information content (AvgIpc) is 3.01. The van der Waals surface area contributed by atoms with Crippen molar-refractivity contribution < 1.29 is 9.53 Å². The molecule has 0 aromatic heterocycles. The van der Waals surface area contributed by atoms with Gasteiger partial charge in [0.05, 0.1) is 25.4 Å². The summed E-state index contributed by atoms with van der Waals surface area (Å²) in [5.74, 6) is 0.890. The van der Waals surface area contributed by atoms with Gasteiger partial charge in [-0.25, -0.2) is 0 Å². The van der Waals surface area contributed by atoms with Gasteiger partial charge in [0.2, 0.25) is 5.91 Å². The van der Waals surface area contributed by atoms with Crippen molar-refractivity contribution in [2.24, 2.45) is 5.92 Å². The Morgan fingerprint density at radius 3 is 2.89 bits per heavy atom. The summed E-state index contributed by atoms with van der Waals surface area (Å²) in [7, 11) is 2.12. The highest BCUT2D eigenvalue weighted by Crippen LogP contribution is 2.31. The first-order valence-electron chi connectivity index (χ1n) is 7.57. The number of hydrogen-bond acceptors (Lipinski definition) is 4. The van der Waals surface area contributed by atoms with E-state index in [1.54, 1.807) is 0 Å². The minimum atomic E-state index is 0.173. The molecule has 0 radical (unpaired) electrons. The first-order valence-corrected chi connectivity index (χ1v) is 7.57. The Balaban J connectivity index is 1.61. The van der Waals surface area contributed by atoms with E-state index in [0.717, 1.165) is 26.2 Å². The first kappa shape index (κ1) is 13.3. The van der Waals surface area contributed by atoms with E-state index in [2.05, 4.69) is 17.3 Å². The van der Waals surface area contributed by atoms with Gasteiger partial charge in [0, 0.05) is 19.6 Å². The highest BCUT2D eigenvalue weighted by Gasteiger charge is 2.38. The number of hydrogen-bond donors (Lipinski definition) is 1. The zero-order valence-electron chi connectivity index (χ0n) is 11.8. The van der Waals surface area contributed by atoms with Crippen LogP contribution in [0.4, 0.5) is 0 Å². The van der Waals surface area contributed by atoms with Crippen LogP contribution in [0.2, 0.25) is 0 Å². The van der Waals surface area contributed by atoms with Crippen LogP contribution < -0.4 is 5.32 Å². The summed E-state index contributed by atoms with van der Waals surface area (Å²) < 4.78 is 5.81. The molecule has 1 amide bonds. The largest absolute Gasteiger partial charge is 0.374 e. The number of carbonyl (C=O) groups is 1. The summed E-state index contributed by atoms with van der Waals surface area (Å²) in [5, 5.41) is 3.41. The van der Waals surface area contributed by atoms with Gasteiger partial charge in [-0.15, -0.1) is 0 Å². The number of nitrogens with one attached hydrogen (secondary N) is 1. The summed E-state index contributed by atoms with van der Waals surface area (Å²) in [6, 6.07) is 0. The van der Waals surface area contributed by atoms with E-state index in [4.69, 9.17) is 4.74 Å². The van der Waals surface area contributed by atoms with Gasteiger partial charge in [0.25, 0.3) is 0 Å². The van der Waals surface area contributed by atoms with Gasteiger partial charge in [-0.1, -0.05) is 12.8 Å². The molecule has 2 saturated heterocycles. The van der Waals surface area contributed by atoms with E-state index in [1.807, 2.05) is 4.90 Å². The molecule has 2 unspecified atom stereocenters. The Kier molecular flexibility index (Phi) is 4.05. The molecule has 2 aliphatic heterocycles.